The van der Waals surface area contributed by atoms with Crippen molar-refractivity contribution in [2.45, 2.75) is 25.5 Å². The number of imide groups is 1. The molecule has 1 aromatic rings. The van der Waals surface area contributed by atoms with Gasteiger partial charge in [-0.25, -0.2) is 4.79 Å². The first-order valence-electron chi connectivity index (χ1n) is 6.60. The lowest BCUT2D eigenvalue weighted by Crippen LogP contribution is -2.50. The van der Waals surface area contributed by atoms with E-state index < -0.39 is 18.2 Å². The summed E-state index contributed by atoms with van der Waals surface area (Å²) < 4.78 is 0. The van der Waals surface area contributed by atoms with Crippen LogP contribution >= 0.6 is 0 Å². The molecule has 0 fully saturated rings. The molecule has 0 bridgehead atoms. The van der Waals surface area contributed by atoms with Gasteiger partial charge >= 0.3 is 6.03 Å². The van der Waals surface area contributed by atoms with Gasteiger partial charge in [0.25, 0.3) is 0 Å². The average Bonchev–Trinajstić information content (AvgIpc) is 2.47. The topological polar surface area (TPSA) is 81.7 Å². The molecule has 6 heteroatoms. The normalized spacial score (nSPS) is 18.9. The summed E-state index contributed by atoms with van der Waals surface area (Å²) in [4.78, 5) is 25.1. The van der Waals surface area contributed by atoms with E-state index in [2.05, 4.69) is 10.6 Å². The van der Waals surface area contributed by atoms with Crippen LogP contribution in [0.5, 0.6) is 0 Å². The Morgan fingerprint density at radius 1 is 1.40 bits per heavy atom. The molecular formula is C14H19N3O3. The van der Waals surface area contributed by atoms with Gasteiger partial charge in [-0.3, -0.25) is 10.1 Å². The van der Waals surface area contributed by atoms with E-state index >= 15 is 0 Å². The highest BCUT2D eigenvalue weighted by Crippen LogP contribution is 2.34. The summed E-state index contributed by atoms with van der Waals surface area (Å²) in [5.41, 5.74) is 1.66. The highest BCUT2D eigenvalue weighted by Gasteiger charge is 2.29. The number of hydrogen-bond donors (Lipinski definition) is 3. The van der Waals surface area contributed by atoms with Gasteiger partial charge in [0.15, 0.2) is 0 Å². The Labute approximate surface area is 117 Å². The second-order valence-electron chi connectivity index (χ2n) is 4.80. The van der Waals surface area contributed by atoms with Crippen molar-refractivity contribution in [1.29, 1.82) is 0 Å². The number of rotatable bonds is 2. The van der Waals surface area contributed by atoms with Gasteiger partial charge < -0.3 is 15.3 Å². The van der Waals surface area contributed by atoms with Crippen LogP contribution in [0.2, 0.25) is 0 Å². The van der Waals surface area contributed by atoms with Crippen molar-refractivity contribution in [3.63, 3.8) is 0 Å². The van der Waals surface area contributed by atoms with Gasteiger partial charge in [0, 0.05) is 24.8 Å². The molecule has 108 valence electrons. The lowest BCUT2D eigenvalue weighted by atomic mass is 9.97. The number of carbonyl (C=O) groups is 2. The zero-order valence-electron chi connectivity index (χ0n) is 11.6. The van der Waals surface area contributed by atoms with Crippen LogP contribution in [-0.2, 0) is 4.79 Å². The number of benzene rings is 1. The van der Waals surface area contributed by atoms with Crippen LogP contribution in [0, 0.1) is 0 Å². The van der Waals surface area contributed by atoms with Gasteiger partial charge in [0.05, 0.1) is 6.10 Å². The number of para-hydroxylation sites is 1. The molecule has 3 N–H and O–H groups in total. The number of aliphatic hydroxyl groups excluding tert-OH is 1. The number of nitrogens with zero attached hydrogens (tertiary/aromatic N) is 1. The first-order chi connectivity index (χ1) is 9.54. The number of fused-ring (bicyclic) bond motifs is 1. The number of hydrogen-bond acceptors (Lipinski definition) is 4. The highest BCUT2D eigenvalue weighted by molar-refractivity contribution is 5.98. The number of nitrogens with one attached hydrogen (secondary N) is 2. The maximum Gasteiger partial charge on any atom is 0.321 e. The zero-order chi connectivity index (χ0) is 14.7. The maximum atomic E-state index is 12.0. The molecular weight excluding hydrogens is 258 g/mol. The number of carbonyl (C=O) groups excluding carboxylic acids is 2. The molecule has 3 amide bonds. The summed E-state index contributed by atoms with van der Waals surface area (Å²) in [5.74, 6) is -0.365. The zero-order valence-corrected chi connectivity index (χ0v) is 11.6. The van der Waals surface area contributed by atoms with E-state index in [1.54, 1.807) is 6.92 Å². The molecule has 0 radical (unpaired) electrons. The van der Waals surface area contributed by atoms with Crippen LogP contribution in [0.1, 0.15) is 25.0 Å². The summed E-state index contributed by atoms with van der Waals surface area (Å²) in [6.07, 6.45) is 0.0610. The molecule has 6 nitrogen and oxygen atoms in total. The Kier molecular flexibility index (Phi) is 4.24. The first kappa shape index (κ1) is 14.3. The van der Waals surface area contributed by atoms with Crippen LogP contribution in [0.3, 0.4) is 0 Å². The molecule has 0 saturated carbocycles. The van der Waals surface area contributed by atoms with E-state index in [1.807, 2.05) is 29.2 Å². The fraction of sp³-hybridized carbons (Fsp3) is 0.429. The summed E-state index contributed by atoms with van der Waals surface area (Å²) in [7, 11) is 1.46. The number of urea groups is 1. The third kappa shape index (κ3) is 2.75. The summed E-state index contributed by atoms with van der Waals surface area (Å²) in [6.45, 7) is 2.31. The predicted molar refractivity (Wildman–Crippen MR) is 75.4 cm³/mol. The summed E-state index contributed by atoms with van der Waals surface area (Å²) in [5, 5.41) is 14.6. The highest BCUT2D eigenvalue weighted by atomic mass is 16.3. The largest absolute Gasteiger partial charge is 0.388 e. The van der Waals surface area contributed by atoms with E-state index in [4.69, 9.17) is 0 Å². The molecule has 1 aromatic carbocycles. The maximum absolute atomic E-state index is 12.0. The van der Waals surface area contributed by atoms with E-state index in [0.717, 1.165) is 11.3 Å². The van der Waals surface area contributed by atoms with E-state index in [0.29, 0.717) is 13.0 Å². The first-order valence-corrected chi connectivity index (χ1v) is 6.60. The van der Waals surface area contributed by atoms with Crippen molar-refractivity contribution < 1.29 is 14.7 Å². The van der Waals surface area contributed by atoms with Crippen LogP contribution in [0.15, 0.2) is 24.3 Å². The number of anilines is 1. The molecule has 0 aromatic heterocycles. The Morgan fingerprint density at radius 3 is 2.80 bits per heavy atom. The van der Waals surface area contributed by atoms with Crippen molar-refractivity contribution in [1.82, 2.24) is 10.6 Å². The molecule has 0 saturated heterocycles. The van der Waals surface area contributed by atoms with Crippen molar-refractivity contribution >= 4 is 17.6 Å². The van der Waals surface area contributed by atoms with Crippen LogP contribution in [-0.4, -0.2) is 36.7 Å². The Hall–Kier alpha value is -2.08. The van der Waals surface area contributed by atoms with Crippen LogP contribution in [0.25, 0.3) is 0 Å². The Balaban J connectivity index is 2.19. The fourth-order valence-corrected chi connectivity index (χ4v) is 2.39. The minimum atomic E-state index is -0.521. The molecule has 20 heavy (non-hydrogen) atoms. The second kappa shape index (κ2) is 5.92. The fourth-order valence-electron chi connectivity index (χ4n) is 2.39. The molecule has 0 aliphatic carbocycles. The van der Waals surface area contributed by atoms with Crippen molar-refractivity contribution in [2.24, 2.45) is 0 Å². The monoisotopic (exact) mass is 277 g/mol. The molecule has 1 aliphatic rings. The van der Waals surface area contributed by atoms with Crippen molar-refractivity contribution in [2.75, 3.05) is 18.5 Å². The van der Waals surface area contributed by atoms with Gasteiger partial charge in [-0.2, -0.15) is 0 Å². The third-order valence-corrected chi connectivity index (χ3v) is 3.56. The van der Waals surface area contributed by atoms with Gasteiger partial charge in [-0.1, -0.05) is 18.2 Å². The molecule has 2 unspecified atom stereocenters. The smallest absolute Gasteiger partial charge is 0.321 e. The quantitative estimate of drug-likeness (QED) is 0.746. The summed E-state index contributed by atoms with van der Waals surface area (Å²) >= 11 is 0. The number of aliphatic hydroxyl groups is 1. The third-order valence-electron chi connectivity index (χ3n) is 3.56. The lowest BCUT2D eigenvalue weighted by molar-refractivity contribution is -0.121. The van der Waals surface area contributed by atoms with E-state index in [9.17, 15) is 14.7 Å². The minimum Gasteiger partial charge on any atom is -0.388 e. The molecule has 2 atom stereocenters. The summed E-state index contributed by atoms with van der Waals surface area (Å²) in [6, 6.07) is 6.46. The molecule has 1 heterocycles. The SMILES string of the molecule is CNC(=O)NC(=O)C(C)N1CCC(O)c2ccccc21. The Bertz CT molecular complexity index is 518. The Morgan fingerprint density at radius 2 is 2.10 bits per heavy atom. The molecule has 1 aliphatic heterocycles. The van der Waals surface area contributed by atoms with E-state index in [-0.39, 0.29) is 5.91 Å². The van der Waals surface area contributed by atoms with Crippen molar-refractivity contribution in [3.8, 4) is 0 Å². The van der Waals surface area contributed by atoms with E-state index in [1.165, 1.54) is 7.05 Å². The average molecular weight is 277 g/mol. The van der Waals surface area contributed by atoms with Crippen LogP contribution in [0.4, 0.5) is 10.5 Å². The molecule has 2 rings (SSSR count). The second-order valence-corrected chi connectivity index (χ2v) is 4.80. The minimum absolute atomic E-state index is 0.365. The van der Waals surface area contributed by atoms with Crippen molar-refractivity contribution in [3.05, 3.63) is 29.8 Å². The lowest BCUT2D eigenvalue weighted by Gasteiger charge is -2.37. The van der Waals surface area contributed by atoms with Crippen LogP contribution < -0.4 is 15.5 Å². The van der Waals surface area contributed by atoms with Gasteiger partial charge in [-0.05, 0) is 19.4 Å². The predicted octanol–water partition coefficient (Wildman–Crippen LogP) is 0.774. The van der Waals surface area contributed by atoms with Gasteiger partial charge in [0.2, 0.25) is 5.91 Å². The molecule has 0 spiro atoms. The standard InChI is InChI=1S/C14H19N3O3/c1-9(13(19)16-14(20)15-2)17-8-7-12(18)10-5-3-4-6-11(10)17/h3-6,9,12,18H,7-8H2,1-2H3,(H2,15,16,19,20). The number of amides is 3. The van der Waals surface area contributed by atoms with Gasteiger partial charge in [-0.15, -0.1) is 0 Å². The van der Waals surface area contributed by atoms with Gasteiger partial charge in [0.1, 0.15) is 6.04 Å².